The maximum absolute atomic E-state index is 10.5. The summed E-state index contributed by atoms with van der Waals surface area (Å²) in [5.74, 6) is 3.07. The number of hydrogen-bond acceptors (Lipinski definition) is 7. The summed E-state index contributed by atoms with van der Waals surface area (Å²) in [5.41, 5.74) is 1.01. The summed E-state index contributed by atoms with van der Waals surface area (Å²) in [6.07, 6.45) is 0. The van der Waals surface area contributed by atoms with Crippen molar-refractivity contribution in [2.75, 3.05) is 45.1 Å². The van der Waals surface area contributed by atoms with Crippen LogP contribution in [0.3, 0.4) is 0 Å². The molecule has 0 fully saturated rings. The minimum Gasteiger partial charge on any atom is -0.506 e. The third-order valence-electron chi connectivity index (χ3n) is 3.91. The third-order valence-corrected chi connectivity index (χ3v) is 5.07. The highest BCUT2D eigenvalue weighted by Gasteiger charge is 2.17. The van der Waals surface area contributed by atoms with Crippen LogP contribution in [0, 0.1) is 0 Å². The molecule has 1 aromatic carbocycles. The van der Waals surface area contributed by atoms with Gasteiger partial charge in [0.1, 0.15) is 28.0 Å². The fraction of sp³-hybridized carbons (Fsp3) is 0.263. The number of aromatic nitrogens is 2. The second-order valence-corrected chi connectivity index (χ2v) is 7.30. The lowest BCUT2D eigenvalue weighted by atomic mass is 10.2. The first kappa shape index (κ1) is 18.0. The largest absolute Gasteiger partial charge is 0.506 e. The monoisotopic (exact) mass is 370 g/mol. The Morgan fingerprint density at radius 2 is 1.50 bits per heavy atom. The molecule has 26 heavy (non-hydrogen) atoms. The predicted molar refractivity (Wildman–Crippen MR) is 108 cm³/mol. The molecule has 6 nitrogen and oxygen atoms in total. The maximum atomic E-state index is 10.5. The Hall–Kier alpha value is -2.80. The van der Waals surface area contributed by atoms with E-state index in [1.807, 2.05) is 68.3 Å². The molecule has 7 heteroatoms. The van der Waals surface area contributed by atoms with Crippen molar-refractivity contribution in [1.82, 2.24) is 9.97 Å². The number of nitrogens with zero attached hydrogens (tertiary/aromatic N) is 4. The van der Waals surface area contributed by atoms with Crippen molar-refractivity contribution in [1.29, 1.82) is 0 Å². The van der Waals surface area contributed by atoms with Crippen LogP contribution in [0.2, 0.25) is 0 Å². The lowest BCUT2D eigenvalue weighted by Gasteiger charge is -2.17. The fourth-order valence-electron chi connectivity index (χ4n) is 2.42. The highest BCUT2D eigenvalue weighted by atomic mass is 32.1. The summed E-state index contributed by atoms with van der Waals surface area (Å²) in [6, 6.07) is 11.4. The Kier molecular flexibility index (Phi) is 4.99. The molecule has 0 spiro atoms. The van der Waals surface area contributed by atoms with E-state index in [2.05, 4.69) is 9.97 Å². The topological polar surface area (TPSA) is 61.7 Å². The summed E-state index contributed by atoms with van der Waals surface area (Å²) >= 11 is 1.47. The van der Waals surface area contributed by atoms with Gasteiger partial charge in [0.25, 0.3) is 0 Å². The summed E-state index contributed by atoms with van der Waals surface area (Å²) in [7, 11) is 9.37. The van der Waals surface area contributed by atoms with Gasteiger partial charge in [-0.15, -0.1) is 11.3 Å². The predicted octanol–water partition coefficient (Wildman–Crippen LogP) is 3.72. The summed E-state index contributed by atoms with van der Waals surface area (Å²) in [4.78, 5) is 14.7. The van der Waals surface area contributed by atoms with E-state index in [1.54, 1.807) is 13.2 Å². The molecule has 2 heterocycles. The van der Waals surface area contributed by atoms with Crippen LogP contribution in [0.5, 0.6) is 11.5 Å². The van der Waals surface area contributed by atoms with Crippen LogP contribution in [-0.4, -0.2) is 50.4 Å². The van der Waals surface area contributed by atoms with Crippen molar-refractivity contribution >= 4 is 23.0 Å². The second-order valence-electron chi connectivity index (χ2n) is 6.25. The summed E-state index contributed by atoms with van der Waals surface area (Å²) < 4.78 is 5.20. The van der Waals surface area contributed by atoms with Crippen LogP contribution in [0.4, 0.5) is 11.6 Å². The van der Waals surface area contributed by atoms with E-state index < -0.39 is 0 Å². The highest BCUT2D eigenvalue weighted by Crippen LogP contribution is 2.42. The number of methoxy groups -OCH3 is 1. The van der Waals surface area contributed by atoms with Gasteiger partial charge >= 0.3 is 0 Å². The molecule has 0 atom stereocenters. The molecule has 2 aromatic heterocycles. The van der Waals surface area contributed by atoms with Gasteiger partial charge in [-0.2, -0.15) is 0 Å². The molecule has 0 radical (unpaired) electrons. The van der Waals surface area contributed by atoms with E-state index in [4.69, 9.17) is 4.74 Å². The molecule has 0 unspecified atom stereocenters. The van der Waals surface area contributed by atoms with E-state index in [1.165, 1.54) is 11.3 Å². The minimum atomic E-state index is 0.182. The Bertz CT molecular complexity index is 878. The van der Waals surface area contributed by atoms with Crippen molar-refractivity contribution in [2.24, 2.45) is 0 Å². The van der Waals surface area contributed by atoms with Gasteiger partial charge in [-0.05, 0) is 35.9 Å². The van der Waals surface area contributed by atoms with Crippen molar-refractivity contribution in [3.8, 4) is 32.6 Å². The van der Waals surface area contributed by atoms with E-state index in [0.717, 1.165) is 27.8 Å². The molecule has 0 saturated heterocycles. The Balaban J connectivity index is 2.05. The van der Waals surface area contributed by atoms with Gasteiger partial charge in [-0.25, -0.2) is 9.97 Å². The molecule has 1 N–H and O–H groups in total. The van der Waals surface area contributed by atoms with Crippen LogP contribution in [-0.2, 0) is 0 Å². The van der Waals surface area contributed by atoms with Gasteiger partial charge in [0.15, 0.2) is 5.82 Å². The van der Waals surface area contributed by atoms with Crippen LogP contribution in [0.25, 0.3) is 21.1 Å². The van der Waals surface area contributed by atoms with Crippen LogP contribution < -0.4 is 14.5 Å². The molecule has 0 saturated carbocycles. The number of rotatable bonds is 5. The standard InChI is InChI=1S/C19H22N4O2S/c1-22(2)16-11-17(23(3)4)21-19(20-16)18-14(24)10-15(26-18)12-6-8-13(25-5)9-7-12/h6-11,24H,1-5H3. The molecule has 0 amide bonds. The normalized spacial score (nSPS) is 10.7. The number of thiophene rings is 1. The SMILES string of the molecule is COc1ccc(-c2cc(O)c(-c3nc(N(C)C)cc(N(C)C)n3)s2)cc1. The minimum absolute atomic E-state index is 0.182. The third kappa shape index (κ3) is 3.57. The van der Waals surface area contributed by atoms with E-state index in [0.29, 0.717) is 10.7 Å². The molecular formula is C19H22N4O2S. The van der Waals surface area contributed by atoms with Gasteiger partial charge < -0.3 is 19.6 Å². The van der Waals surface area contributed by atoms with Crippen LogP contribution in [0.15, 0.2) is 36.4 Å². The smallest absolute Gasteiger partial charge is 0.177 e. The number of aromatic hydroxyl groups is 1. The zero-order valence-electron chi connectivity index (χ0n) is 15.5. The maximum Gasteiger partial charge on any atom is 0.177 e. The van der Waals surface area contributed by atoms with E-state index in [9.17, 15) is 5.11 Å². The number of ether oxygens (including phenoxy) is 1. The van der Waals surface area contributed by atoms with Gasteiger partial charge in [-0.1, -0.05) is 0 Å². The molecule has 3 rings (SSSR count). The molecular weight excluding hydrogens is 348 g/mol. The molecule has 0 bridgehead atoms. The molecule has 136 valence electrons. The average molecular weight is 370 g/mol. The zero-order chi connectivity index (χ0) is 18.8. The van der Waals surface area contributed by atoms with Gasteiger partial charge in [0.2, 0.25) is 0 Å². The fourth-order valence-corrected chi connectivity index (χ4v) is 3.41. The average Bonchev–Trinajstić information content (AvgIpc) is 3.03. The first-order valence-electron chi connectivity index (χ1n) is 8.10. The van der Waals surface area contributed by atoms with Crippen molar-refractivity contribution < 1.29 is 9.84 Å². The van der Waals surface area contributed by atoms with Crippen molar-refractivity contribution in [2.45, 2.75) is 0 Å². The van der Waals surface area contributed by atoms with Gasteiger partial charge in [-0.3, -0.25) is 0 Å². The van der Waals surface area contributed by atoms with Crippen molar-refractivity contribution in [3.63, 3.8) is 0 Å². The number of hydrogen-bond donors (Lipinski definition) is 1. The lowest BCUT2D eigenvalue weighted by molar-refractivity contribution is 0.415. The van der Waals surface area contributed by atoms with Crippen molar-refractivity contribution in [3.05, 3.63) is 36.4 Å². The second kappa shape index (κ2) is 7.21. The van der Waals surface area contributed by atoms with Crippen LogP contribution >= 0.6 is 11.3 Å². The van der Waals surface area contributed by atoms with E-state index >= 15 is 0 Å². The molecule has 0 aliphatic carbocycles. The Morgan fingerprint density at radius 3 is 2.00 bits per heavy atom. The quantitative estimate of drug-likeness (QED) is 0.739. The highest BCUT2D eigenvalue weighted by molar-refractivity contribution is 7.19. The Morgan fingerprint density at radius 1 is 0.923 bits per heavy atom. The van der Waals surface area contributed by atoms with E-state index in [-0.39, 0.29) is 5.75 Å². The molecule has 3 aromatic rings. The lowest BCUT2D eigenvalue weighted by Crippen LogP contribution is -2.16. The molecule has 0 aliphatic rings. The summed E-state index contributed by atoms with van der Waals surface area (Å²) in [5, 5.41) is 10.5. The first-order chi connectivity index (χ1) is 12.4. The van der Waals surface area contributed by atoms with Gasteiger partial charge in [0.05, 0.1) is 7.11 Å². The van der Waals surface area contributed by atoms with Crippen LogP contribution in [0.1, 0.15) is 0 Å². The Labute approximate surface area is 157 Å². The zero-order valence-corrected chi connectivity index (χ0v) is 16.3. The van der Waals surface area contributed by atoms with Gasteiger partial charge in [0, 0.05) is 39.1 Å². The number of benzene rings is 1. The molecule has 0 aliphatic heterocycles. The first-order valence-corrected chi connectivity index (χ1v) is 8.92. The summed E-state index contributed by atoms with van der Waals surface area (Å²) in [6.45, 7) is 0. The number of anilines is 2.